The molecule has 106 valence electrons. The summed E-state index contributed by atoms with van der Waals surface area (Å²) in [7, 11) is 1.59. The SMILES string of the molecule is CCc1nc(NC2CCCCCC2)c(N)c(OC)n1. The van der Waals surface area contributed by atoms with E-state index < -0.39 is 0 Å². The summed E-state index contributed by atoms with van der Waals surface area (Å²) in [6, 6.07) is 0.467. The van der Waals surface area contributed by atoms with E-state index in [0.717, 1.165) is 18.1 Å². The summed E-state index contributed by atoms with van der Waals surface area (Å²) in [4.78, 5) is 8.78. The van der Waals surface area contributed by atoms with Crippen molar-refractivity contribution in [3.8, 4) is 5.88 Å². The minimum atomic E-state index is 0.467. The highest BCUT2D eigenvalue weighted by molar-refractivity contribution is 5.67. The van der Waals surface area contributed by atoms with Crippen LogP contribution in [0.25, 0.3) is 0 Å². The van der Waals surface area contributed by atoms with E-state index in [2.05, 4.69) is 15.3 Å². The van der Waals surface area contributed by atoms with Gasteiger partial charge in [-0.15, -0.1) is 0 Å². The second kappa shape index (κ2) is 6.59. The Morgan fingerprint density at radius 3 is 2.47 bits per heavy atom. The van der Waals surface area contributed by atoms with Crippen molar-refractivity contribution in [3.05, 3.63) is 5.82 Å². The number of aryl methyl sites for hydroxylation is 1. The van der Waals surface area contributed by atoms with Crippen LogP contribution in [0.5, 0.6) is 5.88 Å². The van der Waals surface area contributed by atoms with Crippen LogP contribution >= 0.6 is 0 Å². The van der Waals surface area contributed by atoms with Gasteiger partial charge >= 0.3 is 0 Å². The molecule has 1 aliphatic rings. The second-order valence-corrected chi connectivity index (χ2v) is 5.10. The van der Waals surface area contributed by atoms with Crippen molar-refractivity contribution in [1.29, 1.82) is 0 Å². The number of ether oxygens (including phenoxy) is 1. The predicted octanol–water partition coefficient (Wildman–Crippen LogP) is 2.76. The van der Waals surface area contributed by atoms with Crippen LogP contribution in [-0.4, -0.2) is 23.1 Å². The lowest BCUT2D eigenvalue weighted by atomic mass is 10.1. The predicted molar refractivity (Wildman–Crippen MR) is 77.5 cm³/mol. The van der Waals surface area contributed by atoms with E-state index in [4.69, 9.17) is 10.5 Å². The lowest BCUT2D eigenvalue weighted by Crippen LogP contribution is -2.21. The van der Waals surface area contributed by atoms with Gasteiger partial charge < -0.3 is 15.8 Å². The van der Waals surface area contributed by atoms with Crippen molar-refractivity contribution in [2.45, 2.75) is 57.9 Å². The molecule has 0 radical (unpaired) electrons. The zero-order valence-corrected chi connectivity index (χ0v) is 11.9. The first-order valence-electron chi connectivity index (χ1n) is 7.21. The molecular weight excluding hydrogens is 240 g/mol. The Morgan fingerprint density at radius 2 is 1.89 bits per heavy atom. The van der Waals surface area contributed by atoms with Gasteiger partial charge in [0.15, 0.2) is 5.82 Å². The first-order valence-corrected chi connectivity index (χ1v) is 7.21. The summed E-state index contributed by atoms with van der Waals surface area (Å²) < 4.78 is 5.23. The Labute approximate surface area is 115 Å². The Kier molecular flexibility index (Phi) is 4.82. The van der Waals surface area contributed by atoms with Gasteiger partial charge in [-0.1, -0.05) is 32.6 Å². The van der Waals surface area contributed by atoms with Crippen LogP contribution in [0.2, 0.25) is 0 Å². The lowest BCUT2D eigenvalue weighted by Gasteiger charge is -2.19. The molecule has 3 N–H and O–H groups in total. The van der Waals surface area contributed by atoms with Crippen molar-refractivity contribution in [2.24, 2.45) is 0 Å². The third-order valence-electron chi connectivity index (χ3n) is 3.66. The fourth-order valence-corrected chi connectivity index (χ4v) is 2.53. The number of anilines is 2. The molecule has 0 bridgehead atoms. The third-order valence-corrected chi connectivity index (χ3v) is 3.66. The van der Waals surface area contributed by atoms with Crippen molar-refractivity contribution >= 4 is 11.5 Å². The molecule has 0 aromatic carbocycles. The maximum absolute atomic E-state index is 6.06. The molecule has 0 atom stereocenters. The van der Waals surface area contributed by atoms with Gasteiger partial charge in [-0.3, -0.25) is 0 Å². The van der Waals surface area contributed by atoms with E-state index >= 15 is 0 Å². The fourth-order valence-electron chi connectivity index (χ4n) is 2.53. The summed E-state index contributed by atoms with van der Waals surface area (Å²) in [6.45, 7) is 2.03. The molecule has 1 aromatic heterocycles. The molecule has 2 rings (SSSR count). The minimum absolute atomic E-state index is 0.467. The number of nitrogens with two attached hydrogens (primary N) is 1. The Bertz CT molecular complexity index is 414. The molecule has 0 spiro atoms. The average molecular weight is 264 g/mol. The van der Waals surface area contributed by atoms with Gasteiger partial charge in [-0.25, -0.2) is 4.98 Å². The molecule has 19 heavy (non-hydrogen) atoms. The maximum atomic E-state index is 6.06. The summed E-state index contributed by atoms with van der Waals surface area (Å²) in [5.74, 6) is 1.97. The van der Waals surface area contributed by atoms with Gasteiger partial charge in [0, 0.05) is 12.5 Å². The highest BCUT2D eigenvalue weighted by Crippen LogP contribution is 2.28. The molecule has 1 fully saturated rings. The van der Waals surface area contributed by atoms with Crippen LogP contribution in [0.1, 0.15) is 51.3 Å². The largest absolute Gasteiger partial charge is 0.479 e. The van der Waals surface area contributed by atoms with Gasteiger partial charge in [0.1, 0.15) is 11.5 Å². The number of hydrogen-bond acceptors (Lipinski definition) is 5. The smallest absolute Gasteiger partial charge is 0.242 e. The molecule has 0 unspecified atom stereocenters. The standard InChI is InChI=1S/C14H24N4O/c1-3-11-17-13(12(15)14(18-11)19-2)16-10-8-6-4-5-7-9-10/h10H,3-9,15H2,1-2H3,(H,16,17,18). The third kappa shape index (κ3) is 3.49. The molecule has 5 nitrogen and oxygen atoms in total. The summed E-state index contributed by atoms with van der Waals surface area (Å²) in [6.07, 6.45) is 8.37. The molecule has 1 aliphatic carbocycles. The first-order chi connectivity index (χ1) is 9.24. The second-order valence-electron chi connectivity index (χ2n) is 5.10. The normalized spacial score (nSPS) is 16.9. The monoisotopic (exact) mass is 264 g/mol. The van der Waals surface area contributed by atoms with Crippen LogP contribution in [-0.2, 0) is 6.42 Å². The van der Waals surface area contributed by atoms with Gasteiger partial charge in [-0.05, 0) is 12.8 Å². The average Bonchev–Trinajstić information content (AvgIpc) is 2.69. The number of nitrogens with zero attached hydrogens (tertiary/aromatic N) is 2. The Morgan fingerprint density at radius 1 is 1.21 bits per heavy atom. The molecular formula is C14H24N4O. The molecule has 0 saturated heterocycles. The molecule has 0 amide bonds. The number of nitrogen functional groups attached to an aromatic ring is 1. The number of aromatic nitrogens is 2. The van der Waals surface area contributed by atoms with E-state index in [-0.39, 0.29) is 0 Å². The van der Waals surface area contributed by atoms with Gasteiger partial charge in [-0.2, -0.15) is 4.98 Å². The van der Waals surface area contributed by atoms with E-state index in [1.807, 2.05) is 6.92 Å². The summed E-state index contributed by atoms with van der Waals surface area (Å²) in [5.41, 5.74) is 6.58. The molecule has 1 heterocycles. The number of rotatable bonds is 4. The number of methoxy groups -OCH3 is 1. The van der Waals surface area contributed by atoms with Gasteiger partial charge in [0.2, 0.25) is 5.88 Å². The first kappa shape index (κ1) is 13.9. The molecule has 1 aromatic rings. The van der Waals surface area contributed by atoms with Crippen LogP contribution in [0.4, 0.5) is 11.5 Å². The molecule has 1 saturated carbocycles. The minimum Gasteiger partial charge on any atom is -0.479 e. The Balaban J connectivity index is 2.17. The van der Waals surface area contributed by atoms with Crippen molar-refractivity contribution in [2.75, 3.05) is 18.2 Å². The van der Waals surface area contributed by atoms with Gasteiger partial charge in [0.25, 0.3) is 0 Å². The van der Waals surface area contributed by atoms with E-state index in [0.29, 0.717) is 17.6 Å². The van der Waals surface area contributed by atoms with Crippen molar-refractivity contribution < 1.29 is 4.74 Å². The van der Waals surface area contributed by atoms with Crippen LogP contribution in [0.15, 0.2) is 0 Å². The maximum Gasteiger partial charge on any atom is 0.242 e. The van der Waals surface area contributed by atoms with E-state index in [9.17, 15) is 0 Å². The van der Waals surface area contributed by atoms with Crippen LogP contribution < -0.4 is 15.8 Å². The van der Waals surface area contributed by atoms with Crippen molar-refractivity contribution in [1.82, 2.24) is 9.97 Å². The fraction of sp³-hybridized carbons (Fsp3) is 0.714. The zero-order valence-electron chi connectivity index (χ0n) is 11.9. The van der Waals surface area contributed by atoms with Crippen molar-refractivity contribution in [3.63, 3.8) is 0 Å². The lowest BCUT2D eigenvalue weighted by molar-refractivity contribution is 0.397. The van der Waals surface area contributed by atoms with E-state index in [1.165, 1.54) is 38.5 Å². The highest BCUT2D eigenvalue weighted by atomic mass is 16.5. The zero-order chi connectivity index (χ0) is 13.7. The number of nitrogens with one attached hydrogen (secondary N) is 1. The van der Waals surface area contributed by atoms with Crippen LogP contribution in [0, 0.1) is 0 Å². The summed E-state index contributed by atoms with van der Waals surface area (Å²) >= 11 is 0. The number of hydrogen-bond donors (Lipinski definition) is 2. The van der Waals surface area contributed by atoms with Gasteiger partial charge in [0.05, 0.1) is 7.11 Å². The van der Waals surface area contributed by atoms with Crippen LogP contribution in [0.3, 0.4) is 0 Å². The summed E-state index contributed by atoms with van der Waals surface area (Å²) in [5, 5.41) is 3.48. The Hall–Kier alpha value is -1.52. The highest BCUT2D eigenvalue weighted by Gasteiger charge is 2.17. The topological polar surface area (TPSA) is 73.1 Å². The molecule has 5 heteroatoms. The van der Waals surface area contributed by atoms with E-state index in [1.54, 1.807) is 7.11 Å². The quantitative estimate of drug-likeness (QED) is 0.818. The molecule has 0 aliphatic heterocycles.